The van der Waals surface area contributed by atoms with Gasteiger partial charge in [-0.1, -0.05) is 69.3 Å². The third kappa shape index (κ3) is 6.51. The molecule has 2 aliphatic rings. The number of rotatable bonds is 7. The quantitative estimate of drug-likeness (QED) is 0.470. The van der Waals surface area contributed by atoms with Crippen molar-refractivity contribution in [2.24, 2.45) is 11.3 Å². The number of aliphatic carboxylic acids is 1. The molecule has 0 bridgehead atoms. The number of allylic oxidation sites excluding steroid dienone is 3. The molecule has 1 aliphatic carbocycles. The predicted octanol–water partition coefficient (Wildman–Crippen LogP) is 5.20. The zero-order valence-electron chi connectivity index (χ0n) is 23.5. The molecule has 8 nitrogen and oxygen atoms in total. The monoisotopic (exact) mass is 566 g/mol. The first-order valence-corrected chi connectivity index (χ1v) is 13.0. The number of nitrogens with zero attached hydrogens (tertiary/aromatic N) is 1. The molecule has 0 aromatic heterocycles. The van der Waals surface area contributed by atoms with Gasteiger partial charge in [-0.3, -0.25) is 4.79 Å². The summed E-state index contributed by atoms with van der Waals surface area (Å²) in [5, 5.41) is 12.3. The van der Waals surface area contributed by atoms with E-state index in [1.807, 2.05) is 48.6 Å². The molecule has 220 valence electrons. The van der Waals surface area contributed by atoms with E-state index in [0.717, 1.165) is 16.0 Å². The fourth-order valence-corrected chi connectivity index (χ4v) is 5.03. The van der Waals surface area contributed by atoms with Gasteiger partial charge >= 0.3 is 18.2 Å². The molecular weight excluding hydrogens is 529 g/mol. The second-order valence-corrected chi connectivity index (χ2v) is 11.9. The van der Waals surface area contributed by atoms with Gasteiger partial charge in [0.2, 0.25) is 11.5 Å². The number of hydrogen-bond donors (Lipinski definition) is 2. The summed E-state index contributed by atoms with van der Waals surface area (Å²) in [5.74, 6) is -2.25. The Morgan fingerprint density at radius 3 is 2.20 bits per heavy atom. The fourth-order valence-electron chi connectivity index (χ4n) is 5.03. The molecule has 1 aromatic carbocycles. The normalized spacial score (nSPS) is 24.3. The van der Waals surface area contributed by atoms with Gasteiger partial charge in [-0.25, -0.2) is 9.59 Å². The Hall–Kier alpha value is -3.34. The lowest BCUT2D eigenvalue weighted by Gasteiger charge is -2.37. The van der Waals surface area contributed by atoms with Crippen LogP contribution in [0.4, 0.5) is 18.0 Å². The van der Waals surface area contributed by atoms with E-state index in [-0.39, 0.29) is 18.9 Å². The van der Waals surface area contributed by atoms with Crippen molar-refractivity contribution in [3.8, 4) is 0 Å². The highest BCUT2D eigenvalue weighted by Crippen LogP contribution is 2.42. The van der Waals surface area contributed by atoms with Gasteiger partial charge < -0.3 is 24.8 Å². The number of likely N-dealkylation sites (tertiary alicyclic amines) is 1. The molecule has 4 atom stereocenters. The number of amides is 2. The summed E-state index contributed by atoms with van der Waals surface area (Å²) in [7, 11) is 1.47. The van der Waals surface area contributed by atoms with Crippen molar-refractivity contribution in [3.05, 3.63) is 54.1 Å². The molecule has 11 heteroatoms. The lowest BCUT2D eigenvalue weighted by Crippen LogP contribution is -2.58. The van der Waals surface area contributed by atoms with E-state index in [0.29, 0.717) is 20.3 Å². The molecular formula is C29H37F3N2O6. The van der Waals surface area contributed by atoms with E-state index in [1.165, 1.54) is 7.11 Å². The van der Waals surface area contributed by atoms with E-state index in [9.17, 15) is 32.7 Å². The standard InChI is InChI=1S/C29H37F3N2O6/c1-26(2,3)22(33-25(38)40-27(4,5)29(30,31)32)23(35)34-17-28(39-6,16-21(34)24(36)37)20-14-12-19(13-15-20)18-10-8-7-9-11-18/h7-14,20-22H,15-17H2,1-6H3,(H,33,38)(H,36,37)/t20?,21-,22+,28-/m0/s1. The average Bonchev–Trinajstić information content (AvgIpc) is 3.28. The number of carboxylic acids is 1. The summed E-state index contributed by atoms with van der Waals surface area (Å²) in [6.45, 7) is 6.15. The maximum atomic E-state index is 13.8. The number of halogens is 3. The minimum absolute atomic E-state index is 0.00347. The lowest BCUT2D eigenvalue weighted by molar-refractivity contribution is -0.244. The van der Waals surface area contributed by atoms with Crippen LogP contribution in [0.3, 0.4) is 0 Å². The summed E-state index contributed by atoms with van der Waals surface area (Å²) in [4.78, 5) is 39.8. The summed E-state index contributed by atoms with van der Waals surface area (Å²) in [5.41, 5.74) is -2.77. The number of carbonyl (C=O) groups is 3. The molecule has 1 fully saturated rings. The number of ether oxygens (including phenoxy) is 2. The number of benzene rings is 1. The summed E-state index contributed by atoms with van der Waals surface area (Å²) < 4.78 is 50.3. The van der Waals surface area contributed by atoms with Gasteiger partial charge in [0.15, 0.2) is 0 Å². The minimum Gasteiger partial charge on any atom is -0.480 e. The smallest absolute Gasteiger partial charge is 0.427 e. The molecule has 2 amide bonds. The molecule has 0 saturated carbocycles. The maximum absolute atomic E-state index is 13.8. The van der Waals surface area contributed by atoms with Crippen LogP contribution in [-0.4, -0.2) is 71.1 Å². The SMILES string of the molecule is CO[C@@]1(C2C=CC(c3ccccc3)=CC2)C[C@@H](C(=O)O)N(C(=O)[C@@H](NC(=O)OC(C)(C)C(F)(F)F)C(C)(C)C)C1. The number of methoxy groups -OCH3 is 1. The zero-order valence-corrected chi connectivity index (χ0v) is 23.5. The van der Waals surface area contributed by atoms with Gasteiger partial charge in [-0.2, -0.15) is 13.2 Å². The van der Waals surface area contributed by atoms with Crippen molar-refractivity contribution in [1.29, 1.82) is 0 Å². The molecule has 1 heterocycles. The number of hydrogen-bond acceptors (Lipinski definition) is 5. The summed E-state index contributed by atoms with van der Waals surface area (Å²) >= 11 is 0. The Balaban J connectivity index is 1.85. The first-order valence-electron chi connectivity index (χ1n) is 13.0. The third-order valence-corrected chi connectivity index (χ3v) is 7.62. The van der Waals surface area contributed by atoms with Gasteiger partial charge in [-0.05, 0) is 36.8 Å². The van der Waals surface area contributed by atoms with Crippen molar-refractivity contribution in [3.63, 3.8) is 0 Å². The van der Waals surface area contributed by atoms with Crippen molar-refractivity contribution < 1.29 is 42.1 Å². The zero-order chi connectivity index (χ0) is 30.1. The van der Waals surface area contributed by atoms with Crippen molar-refractivity contribution >= 4 is 23.5 Å². The second kappa shape index (κ2) is 11.3. The van der Waals surface area contributed by atoms with Crippen LogP contribution in [0.1, 0.15) is 53.0 Å². The van der Waals surface area contributed by atoms with Gasteiger partial charge in [0.1, 0.15) is 12.1 Å². The Labute approximate surface area is 232 Å². The molecule has 1 unspecified atom stereocenters. The fraction of sp³-hybridized carbons (Fsp3) is 0.552. The molecule has 1 aromatic rings. The number of nitrogens with one attached hydrogen (secondary N) is 1. The molecule has 0 radical (unpaired) electrons. The van der Waals surface area contributed by atoms with Crippen molar-refractivity contribution in [2.75, 3.05) is 13.7 Å². The van der Waals surface area contributed by atoms with Gasteiger partial charge in [0.25, 0.3) is 0 Å². The number of alkyl halides is 3. The molecule has 1 saturated heterocycles. The number of carboxylic acid groups (broad SMARTS) is 1. The Morgan fingerprint density at radius 1 is 1.10 bits per heavy atom. The Bertz CT molecular complexity index is 1170. The summed E-state index contributed by atoms with van der Waals surface area (Å²) in [6, 6.07) is 7.12. The third-order valence-electron chi connectivity index (χ3n) is 7.62. The molecule has 3 rings (SSSR count). The molecule has 1 aliphatic heterocycles. The van der Waals surface area contributed by atoms with Crippen LogP contribution in [0, 0.1) is 11.3 Å². The molecule has 2 N–H and O–H groups in total. The topological polar surface area (TPSA) is 105 Å². The molecule has 40 heavy (non-hydrogen) atoms. The van der Waals surface area contributed by atoms with Crippen LogP contribution in [-0.2, 0) is 19.1 Å². The van der Waals surface area contributed by atoms with Crippen LogP contribution in [0.15, 0.2) is 48.6 Å². The summed E-state index contributed by atoms with van der Waals surface area (Å²) in [6.07, 6.45) is 0.207. The first kappa shape index (κ1) is 31.2. The van der Waals surface area contributed by atoms with Crippen LogP contribution in [0.25, 0.3) is 5.57 Å². The molecule has 0 spiro atoms. The second-order valence-electron chi connectivity index (χ2n) is 11.9. The Kier molecular flexibility index (Phi) is 8.79. The van der Waals surface area contributed by atoms with E-state index in [4.69, 9.17) is 4.74 Å². The highest BCUT2D eigenvalue weighted by atomic mass is 19.4. The first-order chi connectivity index (χ1) is 18.4. The van der Waals surface area contributed by atoms with Crippen LogP contribution >= 0.6 is 0 Å². The van der Waals surface area contributed by atoms with Crippen molar-refractivity contribution in [2.45, 2.75) is 76.9 Å². The van der Waals surface area contributed by atoms with Gasteiger partial charge in [-0.15, -0.1) is 0 Å². The highest BCUT2D eigenvalue weighted by Gasteiger charge is 2.55. The number of carbonyl (C=O) groups excluding carboxylic acids is 2. The van der Waals surface area contributed by atoms with E-state index in [1.54, 1.807) is 20.8 Å². The van der Waals surface area contributed by atoms with E-state index < -0.39 is 52.8 Å². The number of alkyl carbamates (subject to hydrolysis) is 1. The van der Waals surface area contributed by atoms with Crippen molar-refractivity contribution in [1.82, 2.24) is 10.2 Å². The minimum atomic E-state index is -4.84. The van der Waals surface area contributed by atoms with E-state index in [2.05, 4.69) is 10.1 Å². The lowest BCUT2D eigenvalue weighted by atomic mass is 9.79. The van der Waals surface area contributed by atoms with Crippen LogP contribution < -0.4 is 5.32 Å². The predicted molar refractivity (Wildman–Crippen MR) is 142 cm³/mol. The largest absolute Gasteiger partial charge is 0.480 e. The van der Waals surface area contributed by atoms with Crippen LogP contribution in [0.2, 0.25) is 0 Å². The van der Waals surface area contributed by atoms with E-state index >= 15 is 0 Å². The van der Waals surface area contributed by atoms with Crippen LogP contribution in [0.5, 0.6) is 0 Å². The highest BCUT2D eigenvalue weighted by molar-refractivity contribution is 5.90. The Morgan fingerprint density at radius 2 is 1.73 bits per heavy atom. The van der Waals surface area contributed by atoms with Gasteiger partial charge in [0.05, 0.1) is 12.1 Å². The maximum Gasteiger partial charge on any atom is 0.427 e. The van der Waals surface area contributed by atoms with Gasteiger partial charge in [0, 0.05) is 19.4 Å². The average molecular weight is 567 g/mol.